The van der Waals surface area contributed by atoms with E-state index in [0.29, 0.717) is 64.4 Å². The van der Waals surface area contributed by atoms with Crippen LogP contribution in [0.4, 0.5) is 0 Å². The van der Waals surface area contributed by atoms with E-state index in [1.807, 2.05) is 12.1 Å². The van der Waals surface area contributed by atoms with Gasteiger partial charge in [-0.05, 0) is 43.3 Å². The molecule has 0 unspecified atom stereocenters. The highest BCUT2D eigenvalue weighted by Gasteiger charge is 2.14. The standard InChI is InChI=1S/C23H22ClN5O3S/c24-22-10-9-21(33-22)19(30)8-5-16-15-29(27-26-16)18-7-6-17(14-20(18)32-13-3-11-25)28-12-2-1-4-23(28)31/h1-2,4,6-7,9-10,12,14-15H,3,5,8,11,13,25H2. The Labute approximate surface area is 199 Å². The molecule has 0 saturated heterocycles. The molecule has 0 amide bonds. The van der Waals surface area contributed by atoms with Crippen molar-refractivity contribution >= 4 is 28.7 Å². The normalized spacial score (nSPS) is 11.0. The van der Waals surface area contributed by atoms with E-state index in [0.717, 1.165) is 0 Å². The topological polar surface area (TPSA) is 105 Å². The third-order valence-electron chi connectivity index (χ3n) is 4.89. The molecular formula is C23H22ClN5O3S. The van der Waals surface area contributed by atoms with E-state index in [4.69, 9.17) is 22.1 Å². The van der Waals surface area contributed by atoms with Gasteiger partial charge in [0.2, 0.25) is 0 Å². The van der Waals surface area contributed by atoms with Crippen LogP contribution in [0.3, 0.4) is 0 Å². The van der Waals surface area contributed by atoms with Gasteiger partial charge in [-0.25, -0.2) is 4.68 Å². The average Bonchev–Trinajstić information content (AvgIpc) is 3.47. The summed E-state index contributed by atoms with van der Waals surface area (Å²) < 4.78 is 9.69. The summed E-state index contributed by atoms with van der Waals surface area (Å²) in [6.45, 7) is 0.931. The van der Waals surface area contributed by atoms with Gasteiger partial charge in [0.05, 0.1) is 33.4 Å². The minimum Gasteiger partial charge on any atom is -0.491 e. The van der Waals surface area contributed by atoms with Crippen LogP contribution >= 0.6 is 22.9 Å². The van der Waals surface area contributed by atoms with Gasteiger partial charge in [0, 0.05) is 31.2 Å². The molecule has 4 rings (SSSR count). The Morgan fingerprint density at radius 2 is 2.06 bits per heavy atom. The molecule has 0 fully saturated rings. The zero-order valence-corrected chi connectivity index (χ0v) is 19.3. The lowest BCUT2D eigenvalue weighted by Crippen LogP contribution is -2.16. The number of carbonyl (C=O) groups is 1. The molecule has 4 aromatic rings. The van der Waals surface area contributed by atoms with Gasteiger partial charge in [-0.3, -0.25) is 14.2 Å². The second-order valence-electron chi connectivity index (χ2n) is 7.23. The number of rotatable bonds is 10. The second kappa shape index (κ2) is 10.6. The van der Waals surface area contributed by atoms with Gasteiger partial charge in [-0.2, -0.15) is 0 Å². The number of Topliss-reactive ketones (excluding diaryl/α,β-unsaturated/α-hetero) is 1. The van der Waals surface area contributed by atoms with Crippen molar-refractivity contribution in [3.63, 3.8) is 0 Å². The van der Waals surface area contributed by atoms with Crippen LogP contribution in [0.25, 0.3) is 11.4 Å². The molecule has 33 heavy (non-hydrogen) atoms. The molecule has 3 heterocycles. The van der Waals surface area contributed by atoms with Crippen LogP contribution in [-0.2, 0) is 6.42 Å². The van der Waals surface area contributed by atoms with Crippen LogP contribution in [0.15, 0.2) is 65.7 Å². The van der Waals surface area contributed by atoms with Crippen molar-refractivity contribution in [2.75, 3.05) is 13.2 Å². The maximum atomic E-state index is 12.3. The van der Waals surface area contributed by atoms with Crippen molar-refractivity contribution in [2.45, 2.75) is 19.3 Å². The summed E-state index contributed by atoms with van der Waals surface area (Å²) in [5.74, 6) is 0.572. The quantitative estimate of drug-likeness (QED) is 0.272. The Morgan fingerprint density at radius 1 is 1.18 bits per heavy atom. The molecule has 0 aliphatic heterocycles. The predicted molar refractivity (Wildman–Crippen MR) is 128 cm³/mol. The summed E-state index contributed by atoms with van der Waals surface area (Å²) in [7, 11) is 0. The van der Waals surface area contributed by atoms with Crippen molar-refractivity contribution in [1.82, 2.24) is 19.6 Å². The lowest BCUT2D eigenvalue weighted by molar-refractivity contribution is 0.0986. The maximum absolute atomic E-state index is 12.3. The van der Waals surface area contributed by atoms with E-state index >= 15 is 0 Å². The zero-order chi connectivity index (χ0) is 23.2. The first kappa shape index (κ1) is 22.9. The van der Waals surface area contributed by atoms with Crippen LogP contribution in [-0.4, -0.2) is 38.5 Å². The predicted octanol–water partition coefficient (Wildman–Crippen LogP) is 3.68. The summed E-state index contributed by atoms with van der Waals surface area (Å²) in [6, 6.07) is 13.9. The van der Waals surface area contributed by atoms with E-state index in [1.165, 1.54) is 22.0 Å². The number of hydrogen-bond acceptors (Lipinski definition) is 7. The second-order valence-corrected chi connectivity index (χ2v) is 8.95. The Hall–Kier alpha value is -3.27. The van der Waals surface area contributed by atoms with E-state index in [-0.39, 0.29) is 11.3 Å². The van der Waals surface area contributed by atoms with Crippen molar-refractivity contribution in [3.05, 3.63) is 86.2 Å². The first-order chi connectivity index (χ1) is 16.0. The fourth-order valence-corrected chi connectivity index (χ4v) is 4.23. The lowest BCUT2D eigenvalue weighted by atomic mass is 10.1. The van der Waals surface area contributed by atoms with Crippen molar-refractivity contribution in [3.8, 4) is 17.1 Å². The van der Waals surface area contributed by atoms with Gasteiger partial charge >= 0.3 is 0 Å². The number of pyridine rings is 1. The number of aryl methyl sites for hydroxylation is 1. The summed E-state index contributed by atoms with van der Waals surface area (Å²) in [6.07, 6.45) is 4.92. The molecular weight excluding hydrogens is 462 g/mol. The van der Waals surface area contributed by atoms with Gasteiger partial charge in [0.15, 0.2) is 5.78 Å². The molecule has 0 radical (unpaired) electrons. The SMILES string of the molecule is NCCCOc1cc(-n2ccccc2=O)ccc1-n1cc(CCC(=O)c2ccc(Cl)s2)nn1. The number of thiophene rings is 1. The highest BCUT2D eigenvalue weighted by atomic mass is 35.5. The number of ether oxygens (including phenoxy) is 1. The smallest absolute Gasteiger partial charge is 0.255 e. The summed E-state index contributed by atoms with van der Waals surface area (Å²) >= 11 is 7.18. The Morgan fingerprint density at radius 3 is 2.82 bits per heavy atom. The number of ketones is 1. The van der Waals surface area contributed by atoms with Crippen molar-refractivity contribution < 1.29 is 9.53 Å². The number of hydrogen-bond donors (Lipinski definition) is 1. The summed E-state index contributed by atoms with van der Waals surface area (Å²) in [5, 5.41) is 8.42. The minimum absolute atomic E-state index is 0.0184. The first-order valence-corrected chi connectivity index (χ1v) is 11.6. The molecule has 170 valence electrons. The molecule has 0 bridgehead atoms. The number of nitrogens with zero attached hydrogens (tertiary/aromatic N) is 4. The van der Waals surface area contributed by atoms with E-state index in [2.05, 4.69) is 10.3 Å². The van der Waals surface area contributed by atoms with Crippen LogP contribution in [0.1, 0.15) is 28.2 Å². The van der Waals surface area contributed by atoms with E-state index in [1.54, 1.807) is 47.4 Å². The zero-order valence-electron chi connectivity index (χ0n) is 17.7. The molecule has 3 aromatic heterocycles. The number of aromatic nitrogens is 4. The molecule has 0 aliphatic carbocycles. The third kappa shape index (κ3) is 5.57. The number of halogens is 1. The fraction of sp³-hybridized carbons (Fsp3) is 0.217. The molecule has 8 nitrogen and oxygen atoms in total. The van der Waals surface area contributed by atoms with E-state index < -0.39 is 0 Å². The molecule has 0 saturated carbocycles. The molecule has 0 aliphatic rings. The molecule has 0 spiro atoms. The van der Waals surface area contributed by atoms with Crippen LogP contribution in [0, 0.1) is 0 Å². The summed E-state index contributed by atoms with van der Waals surface area (Å²) in [4.78, 5) is 25.2. The van der Waals surface area contributed by atoms with Gasteiger partial charge in [0.25, 0.3) is 5.56 Å². The van der Waals surface area contributed by atoms with Gasteiger partial charge in [-0.1, -0.05) is 22.9 Å². The Kier molecular flexibility index (Phi) is 7.33. The van der Waals surface area contributed by atoms with Gasteiger partial charge in [-0.15, -0.1) is 16.4 Å². The number of carbonyl (C=O) groups excluding carboxylic acids is 1. The number of nitrogens with two attached hydrogens (primary N) is 1. The Balaban J connectivity index is 1.56. The highest BCUT2D eigenvalue weighted by Crippen LogP contribution is 2.26. The molecule has 1 aromatic carbocycles. The third-order valence-corrected chi connectivity index (χ3v) is 6.17. The minimum atomic E-state index is -0.141. The van der Waals surface area contributed by atoms with Crippen LogP contribution in [0.2, 0.25) is 4.34 Å². The Bertz CT molecular complexity index is 1310. The number of benzene rings is 1. The lowest BCUT2D eigenvalue weighted by Gasteiger charge is -2.13. The fourth-order valence-electron chi connectivity index (χ4n) is 3.22. The van der Waals surface area contributed by atoms with Gasteiger partial charge in [0.1, 0.15) is 11.4 Å². The highest BCUT2D eigenvalue weighted by molar-refractivity contribution is 7.18. The molecule has 2 N–H and O–H groups in total. The summed E-state index contributed by atoms with van der Waals surface area (Å²) in [5.41, 5.74) is 7.49. The van der Waals surface area contributed by atoms with Crippen LogP contribution in [0.5, 0.6) is 5.75 Å². The van der Waals surface area contributed by atoms with E-state index in [9.17, 15) is 9.59 Å². The maximum Gasteiger partial charge on any atom is 0.255 e. The van der Waals surface area contributed by atoms with Gasteiger partial charge < -0.3 is 10.5 Å². The van der Waals surface area contributed by atoms with Crippen LogP contribution < -0.4 is 16.0 Å². The van der Waals surface area contributed by atoms with Crippen molar-refractivity contribution in [2.24, 2.45) is 5.73 Å². The van der Waals surface area contributed by atoms with Crippen molar-refractivity contribution in [1.29, 1.82) is 0 Å². The first-order valence-electron chi connectivity index (χ1n) is 10.4. The molecule has 0 atom stereocenters. The largest absolute Gasteiger partial charge is 0.491 e. The average molecular weight is 484 g/mol. The monoisotopic (exact) mass is 483 g/mol. The molecule has 10 heteroatoms.